The molecule has 4 N–H and O–H groups in total. The van der Waals surface area contributed by atoms with E-state index in [0.29, 0.717) is 0 Å². The lowest BCUT2D eigenvalue weighted by atomic mass is 9.83. The Hall–Kier alpha value is -12.8. The molecule has 10 aromatic carbocycles. The van der Waals surface area contributed by atoms with Crippen LogP contribution < -0.4 is 51.6 Å². The largest absolute Gasteiger partial charge is 1.00 e. The minimum atomic E-state index is -3.67. The van der Waals surface area contributed by atoms with Gasteiger partial charge in [-0.2, -0.15) is 9.13 Å². The summed E-state index contributed by atoms with van der Waals surface area (Å²) in [6, 6.07) is 62.0. The van der Waals surface area contributed by atoms with Gasteiger partial charge in [0.2, 0.25) is 22.6 Å². The number of hydrogen-bond acceptors (Lipinski definition) is 15. The standard InChI is InChI=1S/C65H44N12S4.C45H59N4.BF3.FH/c1-25-41-45(29(5)53-49(25)66-33-17-9-13-21-37(33)78-53)61-71-58-43-27(3)51-55(80-39-23-15-11-19-35(39)68-51)31(7)47(43)63-73-60-44-28(4)52-56(81-40-24-16-12-20-36(40)69-52)32(8)48(44)64-72-59-42-26(2)50-54(79-38-22-14-10-18-34(38)67-50)30(6)46(42)62-70-57(41)74(61)65(75(59)62,76(58)63)77(60)64;1-9-46(10-2)40-28-20-36(21-29-40)44(37-22-30-41(31-23-37)47(11-3)12-4)18-17-19-45(38-24-32-42(33-25-38)48(13-5)14-6)39-26-34-43(35-27-39)49(15-7)16-8;2-1(3)4;/h9-24,49,53,66,68H,1-8H3;17-35H,9-16H2,1-8H3;;1H/q;+1;;/p+1. The fraction of sp³-hybridized carbons (Fsp3) is 0.245. The second-order valence-electron chi connectivity index (χ2n) is 35.5. The fourth-order valence-corrected chi connectivity index (χ4v) is 27.1. The molecule has 0 saturated heterocycles. The summed E-state index contributed by atoms with van der Waals surface area (Å²) < 4.78 is 41.5. The molecule has 10 aliphatic heterocycles. The Bertz CT molecular complexity index is 7620. The monoisotopic (exact) mass is 1860 g/mol. The molecule has 0 amide bonds. The number of thioether (sulfide) groups is 1. The summed E-state index contributed by atoms with van der Waals surface area (Å²) in [5.41, 5.74) is 36.0. The first kappa shape index (κ1) is 88.8. The predicted octanol–water partition coefficient (Wildman–Crippen LogP) is 22.6. The van der Waals surface area contributed by atoms with E-state index in [1.54, 1.807) is 0 Å². The number of aromatic nitrogens is 2. The molecule has 2 aliphatic carbocycles. The van der Waals surface area contributed by atoms with Crippen molar-refractivity contribution in [1.82, 2.24) is 9.13 Å². The third-order valence-corrected chi connectivity index (χ3v) is 34.2. The number of aryl methyl sites for hydroxylation is 4. The van der Waals surface area contributed by atoms with Crippen LogP contribution in [0.15, 0.2) is 294 Å². The summed E-state index contributed by atoms with van der Waals surface area (Å²) in [7, 11) is -3.67. The average Bonchev–Trinajstić information content (AvgIpc) is 1.45. The van der Waals surface area contributed by atoms with E-state index >= 15 is 0 Å². The molecule has 0 fully saturated rings. The van der Waals surface area contributed by atoms with Crippen LogP contribution in [0.1, 0.15) is 130 Å². The Kier molecular flexibility index (Phi) is 22.7. The molecule has 678 valence electrons. The van der Waals surface area contributed by atoms with Crippen molar-refractivity contribution >= 4 is 185 Å². The lowest BCUT2D eigenvalue weighted by molar-refractivity contribution is -0.790. The molecular weight excluding hydrogens is 1760 g/mol. The SMILES string of the molecule is CC1=C2C(=C(C)C3Sc4ccccc4NC13)C1=Nc3c4c(C)c5c(c(C)c4c4n3C36n7c(c8c(C)c9c(c(C)c8c7=NC2=[N+]13)Sc1ccccc1N9)=NC1=[N+]6C(=N4)c2c(C)c3c(c(C)c21)Sc1ccccc1N3)Sc1ccccc1N5.CCN(CC)c1ccc(C(=C/C=C/C(=C2C=CC(=[N+](CC)CC)C=C2)c2ccc(N(CC)CC)cc2)c2ccc(N(CC)CC)cc2)cc1.FB(F)F.[F-]. The van der Waals surface area contributed by atoms with Crippen molar-refractivity contribution in [3.05, 3.63) is 312 Å². The van der Waals surface area contributed by atoms with Crippen LogP contribution in [0.2, 0.25) is 0 Å². The third kappa shape index (κ3) is 13.5. The predicted molar refractivity (Wildman–Crippen MR) is 555 cm³/mol. The minimum absolute atomic E-state index is 0. The lowest BCUT2D eigenvalue weighted by Crippen LogP contribution is -3.00. The maximum atomic E-state index is 9.67. The number of amidine groups is 4. The number of aliphatic imine (C=N–C) groups is 2. The number of nitrogens with zero attached hydrogens (tertiary/aromatic N) is 12. The van der Waals surface area contributed by atoms with Gasteiger partial charge in [-0.1, -0.05) is 158 Å². The zero-order valence-corrected chi connectivity index (χ0v) is 81.9. The van der Waals surface area contributed by atoms with E-state index < -0.39 is 13.5 Å². The second-order valence-corrected chi connectivity index (χ2v) is 39.8. The molecule has 135 heavy (non-hydrogen) atoms. The number of fused-ring (bicyclic) bond motifs is 20. The van der Waals surface area contributed by atoms with Crippen LogP contribution in [-0.2, 0) is 5.91 Å². The Labute approximate surface area is 802 Å². The van der Waals surface area contributed by atoms with Crippen LogP contribution in [0.25, 0.3) is 32.7 Å². The first-order valence-electron chi connectivity index (χ1n) is 46.9. The molecule has 12 heterocycles. The van der Waals surface area contributed by atoms with E-state index in [0.717, 1.165) is 193 Å². The van der Waals surface area contributed by atoms with Crippen molar-refractivity contribution in [1.29, 1.82) is 0 Å². The summed E-state index contributed by atoms with van der Waals surface area (Å²) >= 11 is 7.52. The van der Waals surface area contributed by atoms with Crippen molar-refractivity contribution in [3.63, 3.8) is 0 Å². The van der Waals surface area contributed by atoms with Gasteiger partial charge < -0.3 is 40.7 Å². The highest BCUT2D eigenvalue weighted by Gasteiger charge is 2.72. The second kappa shape index (κ2) is 34.5. The van der Waals surface area contributed by atoms with E-state index in [1.807, 2.05) is 47.0 Å². The van der Waals surface area contributed by atoms with E-state index in [-0.39, 0.29) is 16.0 Å². The number of nitrogens with one attached hydrogen (secondary N) is 4. The molecule has 12 aromatic rings. The van der Waals surface area contributed by atoms with Gasteiger partial charge in [-0.05, 0) is 286 Å². The molecule has 1 spiro atoms. The van der Waals surface area contributed by atoms with Gasteiger partial charge in [-0.3, -0.25) is 12.9 Å². The summed E-state index contributed by atoms with van der Waals surface area (Å²) in [6.45, 7) is 44.2. The van der Waals surface area contributed by atoms with E-state index in [4.69, 9.17) is 20.0 Å². The van der Waals surface area contributed by atoms with Crippen molar-refractivity contribution in [2.24, 2.45) is 20.0 Å². The van der Waals surface area contributed by atoms with E-state index in [2.05, 4.69) is 382 Å². The maximum absolute atomic E-state index is 9.67. The smallest absolute Gasteiger partial charge is 0.762 e. The molecule has 0 saturated carbocycles. The molecule has 3 unspecified atom stereocenters. The highest BCUT2D eigenvalue weighted by atomic mass is 32.2. The van der Waals surface area contributed by atoms with Crippen LogP contribution >= 0.6 is 47.0 Å². The first-order valence-corrected chi connectivity index (χ1v) is 50.2. The number of halogens is 4. The number of para-hydroxylation sites is 4. The molecular formula is C110H105BF4N16S4+2. The number of rotatable bonds is 16. The molecule has 16 nitrogen and oxygen atoms in total. The van der Waals surface area contributed by atoms with Crippen molar-refractivity contribution in [2.75, 3.05) is 88.3 Å². The Morgan fingerprint density at radius 2 is 0.874 bits per heavy atom. The Morgan fingerprint density at radius 3 is 1.38 bits per heavy atom. The highest BCUT2D eigenvalue weighted by Crippen LogP contribution is 2.62. The molecule has 12 aliphatic rings. The zero-order chi connectivity index (χ0) is 92.5. The molecule has 0 bridgehead atoms. The molecule has 0 radical (unpaired) electrons. The van der Waals surface area contributed by atoms with Crippen LogP contribution in [0.3, 0.4) is 0 Å². The fourth-order valence-electron chi connectivity index (χ4n) is 22.2. The van der Waals surface area contributed by atoms with Gasteiger partial charge in [0.25, 0.3) is 23.3 Å². The van der Waals surface area contributed by atoms with Crippen LogP contribution in [0.4, 0.5) is 81.5 Å². The van der Waals surface area contributed by atoms with Gasteiger partial charge in [-0.25, -0.2) is 4.58 Å². The Morgan fingerprint density at radius 1 is 0.452 bits per heavy atom. The van der Waals surface area contributed by atoms with Gasteiger partial charge in [-0.15, -0.1) is 20.9 Å². The van der Waals surface area contributed by atoms with Gasteiger partial charge in [0, 0.05) is 108 Å². The van der Waals surface area contributed by atoms with Crippen molar-refractivity contribution in [3.8, 4) is 0 Å². The molecule has 2 aromatic heterocycles. The highest BCUT2D eigenvalue weighted by molar-refractivity contribution is 8.00. The average molecular weight is 1870 g/mol. The van der Waals surface area contributed by atoms with Gasteiger partial charge in [0.05, 0.1) is 89.2 Å². The quantitative estimate of drug-likeness (QED) is 0.0320. The summed E-state index contributed by atoms with van der Waals surface area (Å²) in [6.07, 6.45) is 15.9. The molecule has 3 atom stereocenters. The summed E-state index contributed by atoms with van der Waals surface area (Å²) in [5.74, 6) is 4.13. The third-order valence-electron chi connectivity index (χ3n) is 28.9. The first-order chi connectivity index (χ1) is 65.2. The van der Waals surface area contributed by atoms with Gasteiger partial charge in [0.1, 0.15) is 13.1 Å². The number of benzene rings is 10. The van der Waals surface area contributed by atoms with Gasteiger partial charge >= 0.3 is 13.5 Å². The summed E-state index contributed by atoms with van der Waals surface area (Å²) in [5, 5.41) is 20.5. The van der Waals surface area contributed by atoms with Crippen molar-refractivity contribution < 1.29 is 31.4 Å². The van der Waals surface area contributed by atoms with Crippen LogP contribution in [0, 0.1) is 41.5 Å². The topological polar surface area (TPSA) is 126 Å². The Balaban J connectivity index is 0.000000175. The zero-order valence-electron chi connectivity index (χ0n) is 78.6. The maximum Gasteiger partial charge on any atom is 0.762 e. The van der Waals surface area contributed by atoms with E-state index in [9.17, 15) is 12.9 Å². The van der Waals surface area contributed by atoms with Crippen molar-refractivity contribution in [2.45, 2.75) is 162 Å². The lowest BCUT2D eigenvalue weighted by Gasteiger charge is -2.40. The minimum Gasteiger partial charge on any atom is -1.00 e. The molecule has 25 heteroatoms. The van der Waals surface area contributed by atoms with Crippen LogP contribution in [0.5, 0.6) is 0 Å². The van der Waals surface area contributed by atoms with Gasteiger partial charge in [0.15, 0.2) is 5.71 Å². The number of hydrogen-bond donors (Lipinski definition) is 4. The normalized spacial score (nSPS) is 17.4. The summed E-state index contributed by atoms with van der Waals surface area (Å²) in [4.78, 5) is 40.4. The van der Waals surface area contributed by atoms with Crippen LogP contribution in [-0.4, -0.2) is 123 Å². The van der Waals surface area contributed by atoms with E-state index in [1.165, 1.54) is 124 Å². The number of anilines is 10. The number of allylic oxidation sites excluding steroid dienone is 9. The molecule has 24 rings (SSSR count).